The number of para-hydroxylation sites is 1. The molecule has 0 bridgehead atoms. The van der Waals surface area contributed by atoms with E-state index >= 15 is 0 Å². The average Bonchev–Trinajstić information content (AvgIpc) is 2.88. The van der Waals surface area contributed by atoms with Gasteiger partial charge in [-0.05, 0) is 43.4 Å². The molecule has 1 saturated heterocycles. The van der Waals surface area contributed by atoms with Gasteiger partial charge in [0.15, 0.2) is 0 Å². The molecule has 2 aromatic heterocycles. The Labute approximate surface area is 210 Å². The molecule has 4 aromatic rings. The van der Waals surface area contributed by atoms with E-state index in [0.717, 1.165) is 33.1 Å². The lowest BCUT2D eigenvalue weighted by Crippen LogP contribution is -2.41. The molecular weight excluding hydrogens is 474 g/mol. The Bertz CT molecular complexity index is 1570. The molecule has 1 atom stereocenters. The van der Waals surface area contributed by atoms with Gasteiger partial charge in [-0.3, -0.25) is 4.98 Å². The molecule has 1 aliphatic heterocycles. The van der Waals surface area contributed by atoms with Crippen molar-refractivity contribution in [2.45, 2.75) is 31.9 Å². The number of aromatic nitrogens is 2. The topological polar surface area (TPSA) is 108 Å². The summed E-state index contributed by atoms with van der Waals surface area (Å²) in [6, 6.07) is 19.7. The molecule has 184 valence electrons. The molecule has 0 unspecified atom stereocenters. The van der Waals surface area contributed by atoms with E-state index in [1.165, 1.54) is 10.6 Å². The molecule has 1 fully saturated rings. The van der Waals surface area contributed by atoms with E-state index in [1.807, 2.05) is 61.5 Å². The number of hydrogen-bond acceptors (Lipinski definition) is 7. The van der Waals surface area contributed by atoms with E-state index in [0.29, 0.717) is 37.4 Å². The maximum Gasteiger partial charge on any atom is 0.221 e. The Kier molecular flexibility index (Phi) is 6.48. The number of nitriles is 1. The predicted molar refractivity (Wildman–Crippen MR) is 140 cm³/mol. The molecule has 1 aliphatic rings. The van der Waals surface area contributed by atoms with Crippen LogP contribution in [0.4, 0.5) is 5.69 Å². The Morgan fingerprint density at radius 2 is 1.81 bits per heavy atom. The summed E-state index contributed by atoms with van der Waals surface area (Å²) in [7, 11) is -3.20. The summed E-state index contributed by atoms with van der Waals surface area (Å²) in [5.74, 6) is 0.537. The van der Waals surface area contributed by atoms with Crippen LogP contribution in [0.5, 0.6) is 5.88 Å². The molecule has 2 aromatic carbocycles. The number of nitrogens with zero attached hydrogens (tertiary/aromatic N) is 4. The largest absolute Gasteiger partial charge is 0.474 e. The third-order valence-corrected chi connectivity index (χ3v) is 7.88. The van der Waals surface area contributed by atoms with Crippen LogP contribution >= 0.6 is 0 Å². The molecule has 0 amide bonds. The maximum atomic E-state index is 11.9. The number of ether oxygens (including phenoxy) is 1. The monoisotopic (exact) mass is 501 g/mol. The van der Waals surface area contributed by atoms with Gasteiger partial charge in [-0.15, -0.1) is 0 Å². The Morgan fingerprint density at radius 1 is 1.11 bits per heavy atom. The molecule has 3 heterocycles. The zero-order chi connectivity index (χ0) is 25.3. The highest BCUT2D eigenvalue weighted by Crippen LogP contribution is 2.33. The fourth-order valence-corrected chi connectivity index (χ4v) is 5.48. The van der Waals surface area contributed by atoms with E-state index in [-0.39, 0.29) is 12.1 Å². The van der Waals surface area contributed by atoms with Gasteiger partial charge in [-0.1, -0.05) is 36.4 Å². The summed E-state index contributed by atoms with van der Waals surface area (Å²) in [6.45, 7) is 2.87. The van der Waals surface area contributed by atoms with Gasteiger partial charge in [-0.2, -0.15) is 5.26 Å². The summed E-state index contributed by atoms with van der Waals surface area (Å²) >= 11 is 0. The van der Waals surface area contributed by atoms with Crippen molar-refractivity contribution < 1.29 is 13.2 Å². The molecule has 5 rings (SSSR count). The first-order valence-corrected chi connectivity index (χ1v) is 13.7. The van der Waals surface area contributed by atoms with Crippen molar-refractivity contribution in [1.29, 1.82) is 5.26 Å². The van der Waals surface area contributed by atoms with Gasteiger partial charge >= 0.3 is 0 Å². The van der Waals surface area contributed by atoms with E-state index in [9.17, 15) is 13.7 Å². The summed E-state index contributed by atoms with van der Waals surface area (Å²) in [5.41, 5.74) is 2.78. The van der Waals surface area contributed by atoms with E-state index in [2.05, 4.69) is 16.4 Å². The van der Waals surface area contributed by atoms with Gasteiger partial charge in [0, 0.05) is 30.1 Å². The minimum absolute atomic E-state index is 0.119. The summed E-state index contributed by atoms with van der Waals surface area (Å²) in [5, 5.41) is 16.0. The lowest BCUT2D eigenvalue weighted by Gasteiger charge is -2.30. The molecule has 0 saturated carbocycles. The van der Waals surface area contributed by atoms with Crippen LogP contribution in [0.3, 0.4) is 0 Å². The van der Waals surface area contributed by atoms with Gasteiger partial charge in [0.1, 0.15) is 12.2 Å². The third kappa shape index (κ3) is 4.83. The van der Waals surface area contributed by atoms with Crippen LogP contribution in [0.1, 0.15) is 37.1 Å². The quantitative estimate of drug-likeness (QED) is 0.410. The number of piperidine rings is 1. The molecule has 0 radical (unpaired) electrons. The van der Waals surface area contributed by atoms with Crippen molar-refractivity contribution in [2.75, 3.05) is 24.7 Å². The SMILES string of the molecule is C[C@H](Nc1c(C#N)cnc2ccccc12)c1cc2ccccc2c(OC2CCN(S(C)(=O)=O)CC2)n1. The number of pyridine rings is 2. The highest BCUT2D eigenvalue weighted by molar-refractivity contribution is 7.88. The van der Waals surface area contributed by atoms with Crippen LogP contribution in [0.2, 0.25) is 0 Å². The first-order chi connectivity index (χ1) is 17.3. The van der Waals surface area contributed by atoms with Crippen LogP contribution in [0.15, 0.2) is 60.8 Å². The molecule has 0 spiro atoms. The van der Waals surface area contributed by atoms with Crippen LogP contribution < -0.4 is 10.1 Å². The minimum Gasteiger partial charge on any atom is -0.474 e. The zero-order valence-electron chi connectivity index (χ0n) is 20.2. The molecule has 1 N–H and O–H groups in total. The molecule has 0 aliphatic carbocycles. The molecule has 36 heavy (non-hydrogen) atoms. The van der Waals surface area contributed by atoms with Gasteiger partial charge in [0.05, 0.1) is 34.8 Å². The Morgan fingerprint density at radius 3 is 2.53 bits per heavy atom. The van der Waals surface area contributed by atoms with Gasteiger partial charge in [0.25, 0.3) is 0 Å². The van der Waals surface area contributed by atoms with Gasteiger partial charge in [-0.25, -0.2) is 17.7 Å². The van der Waals surface area contributed by atoms with Gasteiger partial charge in [0.2, 0.25) is 15.9 Å². The van der Waals surface area contributed by atoms with Crippen molar-refractivity contribution >= 4 is 37.4 Å². The fourth-order valence-electron chi connectivity index (χ4n) is 4.61. The standard InChI is InChI=1S/C27H27N5O3S/c1-18(30-26-20(16-28)17-29-24-10-6-5-9-23(24)26)25-15-19-7-3-4-8-22(19)27(31-25)35-21-11-13-32(14-12-21)36(2,33)34/h3-10,15,17-18,21H,11-14H2,1-2H3,(H,29,30)/t18-/m0/s1. The van der Waals surface area contributed by atoms with Crippen molar-refractivity contribution in [1.82, 2.24) is 14.3 Å². The second-order valence-corrected chi connectivity index (χ2v) is 11.1. The van der Waals surface area contributed by atoms with E-state index < -0.39 is 10.0 Å². The smallest absolute Gasteiger partial charge is 0.221 e. The van der Waals surface area contributed by atoms with Crippen molar-refractivity contribution in [3.63, 3.8) is 0 Å². The second-order valence-electron chi connectivity index (χ2n) is 9.09. The number of anilines is 1. The zero-order valence-corrected chi connectivity index (χ0v) is 21.0. The highest BCUT2D eigenvalue weighted by atomic mass is 32.2. The van der Waals surface area contributed by atoms with Crippen molar-refractivity contribution in [3.05, 3.63) is 72.1 Å². The third-order valence-electron chi connectivity index (χ3n) is 6.57. The lowest BCUT2D eigenvalue weighted by molar-refractivity contribution is 0.132. The van der Waals surface area contributed by atoms with Crippen LogP contribution in [-0.4, -0.2) is 48.1 Å². The number of nitrogens with one attached hydrogen (secondary N) is 1. The number of benzene rings is 2. The first kappa shape index (κ1) is 24.0. The first-order valence-electron chi connectivity index (χ1n) is 11.9. The normalized spacial score (nSPS) is 16.0. The average molecular weight is 502 g/mol. The fraction of sp³-hybridized carbons (Fsp3) is 0.296. The summed E-state index contributed by atoms with van der Waals surface area (Å²) in [6.07, 6.45) is 3.92. The van der Waals surface area contributed by atoms with Gasteiger partial charge < -0.3 is 10.1 Å². The molecular formula is C27H27N5O3S. The van der Waals surface area contributed by atoms with Crippen LogP contribution in [-0.2, 0) is 10.0 Å². The maximum absolute atomic E-state index is 11.9. The number of sulfonamides is 1. The molecule has 9 heteroatoms. The highest BCUT2D eigenvalue weighted by Gasteiger charge is 2.27. The number of rotatable bonds is 6. The second kappa shape index (κ2) is 9.72. The van der Waals surface area contributed by atoms with Crippen LogP contribution in [0.25, 0.3) is 21.7 Å². The Hall–Kier alpha value is -3.74. The lowest BCUT2D eigenvalue weighted by atomic mass is 10.1. The predicted octanol–water partition coefficient (Wildman–Crippen LogP) is 4.63. The van der Waals surface area contributed by atoms with Crippen molar-refractivity contribution in [2.24, 2.45) is 0 Å². The van der Waals surface area contributed by atoms with Crippen LogP contribution in [0, 0.1) is 11.3 Å². The minimum atomic E-state index is -3.20. The van der Waals surface area contributed by atoms with E-state index in [1.54, 1.807) is 6.20 Å². The Balaban J connectivity index is 1.45. The van der Waals surface area contributed by atoms with Crippen molar-refractivity contribution in [3.8, 4) is 11.9 Å². The van der Waals surface area contributed by atoms with E-state index in [4.69, 9.17) is 9.72 Å². The molecule has 8 nitrogen and oxygen atoms in total. The summed E-state index contributed by atoms with van der Waals surface area (Å²) in [4.78, 5) is 9.27. The summed E-state index contributed by atoms with van der Waals surface area (Å²) < 4.78 is 31.6. The number of hydrogen-bond donors (Lipinski definition) is 1. The number of fused-ring (bicyclic) bond motifs is 2.